The van der Waals surface area contributed by atoms with E-state index >= 15 is 0 Å². The van der Waals surface area contributed by atoms with Gasteiger partial charge in [-0.25, -0.2) is 0 Å². The Morgan fingerprint density at radius 3 is 1.86 bits per heavy atom. The molecule has 0 bridgehead atoms. The minimum Gasteiger partial charge on any atom is -0.497 e. The number of methoxy groups -OCH3 is 2. The third kappa shape index (κ3) is 3.01. The van der Waals surface area contributed by atoms with Crippen LogP contribution in [-0.4, -0.2) is 14.2 Å². The van der Waals surface area contributed by atoms with Gasteiger partial charge in [0.1, 0.15) is 17.2 Å². The lowest BCUT2D eigenvalue weighted by Gasteiger charge is -2.37. The topological polar surface area (TPSA) is 27.7 Å². The Morgan fingerprint density at radius 1 is 0.649 bits per heavy atom. The zero-order valence-corrected chi connectivity index (χ0v) is 21.0. The number of rotatable bonds is 4. The van der Waals surface area contributed by atoms with E-state index in [1.54, 1.807) is 14.2 Å². The quantitative estimate of drug-likeness (QED) is 0.254. The summed E-state index contributed by atoms with van der Waals surface area (Å²) in [5, 5.41) is 2.41. The number of benzene rings is 5. The summed E-state index contributed by atoms with van der Waals surface area (Å²) in [5.41, 5.74) is 8.81. The Kier molecular flexibility index (Phi) is 4.71. The summed E-state index contributed by atoms with van der Waals surface area (Å²) in [5.74, 6) is 2.54. The van der Waals surface area contributed by atoms with Gasteiger partial charge in [-0.3, -0.25) is 0 Å². The zero-order valence-electron chi connectivity index (χ0n) is 21.0. The lowest BCUT2D eigenvalue weighted by atomic mass is 9.82. The molecule has 0 radical (unpaired) electrons. The minimum atomic E-state index is -0.802. The average Bonchev–Trinajstić information content (AvgIpc) is 3.31. The Hall–Kier alpha value is -4.50. The second-order valence-corrected chi connectivity index (χ2v) is 9.64. The molecule has 3 nitrogen and oxygen atoms in total. The first-order valence-corrected chi connectivity index (χ1v) is 12.5. The van der Waals surface area contributed by atoms with Crippen molar-refractivity contribution in [1.29, 1.82) is 0 Å². The molecule has 5 aromatic rings. The van der Waals surface area contributed by atoms with E-state index in [1.807, 2.05) is 24.3 Å². The van der Waals surface area contributed by atoms with Crippen molar-refractivity contribution in [2.75, 3.05) is 14.2 Å². The van der Waals surface area contributed by atoms with Crippen LogP contribution in [0.25, 0.3) is 39.1 Å². The van der Waals surface area contributed by atoms with Crippen LogP contribution in [-0.2, 0) is 5.60 Å². The van der Waals surface area contributed by atoms with Crippen LogP contribution in [0.15, 0.2) is 97.1 Å². The number of fused-ring (bicyclic) bond motifs is 5. The molecule has 2 aliphatic rings. The predicted molar refractivity (Wildman–Crippen MR) is 150 cm³/mol. The Bertz CT molecular complexity index is 1660. The standard InChI is InChI=1S/C34H26O3/c1-21-26-19-20-34(22-11-15-24(35-2)16-12-22,23-13-17-25(36-3)18-14-23)37-33(26)30-10-6-9-29-27-7-4-5-8-28(27)31(21)32(29)30/h4-20H,1-3H3. The molecule has 180 valence electrons. The van der Waals surface area contributed by atoms with E-state index in [-0.39, 0.29) is 0 Å². The van der Waals surface area contributed by atoms with E-state index < -0.39 is 5.60 Å². The average molecular weight is 483 g/mol. The minimum absolute atomic E-state index is 0.802. The van der Waals surface area contributed by atoms with Crippen molar-refractivity contribution in [2.45, 2.75) is 12.5 Å². The Morgan fingerprint density at radius 2 is 1.24 bits per heavy atom. The van der Waals surface area contributed by atoms with Crippen LogP contribution in [0.2, 0.25) is 0 Å². The van der Waals surface area contributed by atoms with Crippen molar-refractivity contribution >= 4 is 16.8 Å². The van der Waals surface area contributed by atoms with Crippen LogP contribution < -0.4 is 14.2 Å². The highest BCUT2D eigenvalue weighted by Gasteiger charge is 2.39. The molecule has 0 N–H and O–H groups in total. The molecule has 0 amide bonds. The molecular weight excluding hydrogens is 456 g/mol. The molecule has 0 unspecified atom stereocenters. The van der Waals surface area contributed by atoms with Crippen LogP contribution in [0.5, 0.6) is 17.2 Å². The largest absolute Gasteiger partial charge is 0.497 e. The first-order chi connectivity index (χ1) is 18.1. The van der Waals surface area contributed by atoms with Gasteiger partial charge < -0.3 is 14.2 Å². The lowest BCUT2D eigenvalue weighted by molar-refractivity contribution is 0.163. The van der Waals surface area contributed by atoms with Gasteiger partial charge >= 0.3 is 0 Å². The van der Waals surface area contributed by atoms with Crippen LogP contribution in [0, 0.1) is 6.92 Å². The summed E-state index contributed by atoms with van der Waals surface area (Å²) in [7, 11) is 3.37. The summed E-state index contributed by atoms with van der Waals surface area (Å²) < 4.78 is 18.1. The summed E-state index contributed by atoms with van der Waals surface area (Å²) >= 11 is 0. The molecule has 1 heterocycles. The fourth-order valence-corrected chi connectivity index (χ4v) is 6.01. The Labute approximate surface area is 216 Å². The molecule has 3 heteroatoms. The van der Waals surface area contributed by atoms with Crippen LogP contribution in [0.1, 0.15) is 22.3 Å². The maximum atomic E-state index is 7.20. The van der Waals surface area contributed by atoms with Crippen LogP contribution >= 0.6 is 0 Å². The summed E-state index contributed by atoms with van der Waals surface area (Å²) in [4.78, 5) is 0. The third-order valence-corrected chi connectivity index (χ3v) is 7.85. The van der Waals surface area contributed by atoms with Gasteiger partial charge in [-0.2, -0.15) is 0 Å². The highest BCUT2D eigenvalue weighted by Crippen LogP contribution is 2.55. The zero-order chi connectivity index (χ0) is 25.1. The fraction of sp³-hybridized carbons (Fsp3) is 0.118. The van der Waals surface area contributed by atoms with E-state index in [0.717, 1.165) is 39.3 Å². The van der Waals surface area contributed by atoms with Gasteiger partial charge in [-0.05, 0) is 65.1 Å². The smallest absolute Gasteiger partial charge is 0.178 e. The van der Waals surface area contributed by atoms with Crippen LogP contribution in [0.3, 0.4) is 0 Å². The van der Waals surface area contributed by atoms with Gasteiger partial charge in [0, 0.05) is 27.5 Å². The second kappa shape index (κ2) is 8.01. The van der Waals surface area contributed by atoms with Gasteiger partial charge in [0.25, 0.3) is 0 Å². The molecule has 0 atom stereocenters. The van der Waals surface area contributed by atoms with Crippen molar-refractivity contribution in [3.63, 3.8) is 0 Å². The molecule has 1 aliphatic heterocycles. The molecule has 1 aliphatic carbocycles. The van der Waals surface area contributed by atoms with Gasteiger partial charge in [0.05, 0.1) is 14.2 Å². The van der Waals surface area contributed by atoms with Crippen LogP contribution in [0.4, 0.5) is 0 Å². The van der Waals surface area contributed by atoms with E-state index in [2.05, 4.69) is 85.8 Å². The molecule has 0 saturated carbocycles. The highest BCUT2D eigenvalue weighted by molar-refractivity contribution is 6.19. The van der Waals surface area contributed by atoms with Crippen molar-refractivity contribution in [2.24, 2.45) is 0 Å². The molecule has 37 heavy (non-hydrogen) atoms. The summed E-state index contributed by atoms with van der Waals surface area (Å²) in [6.07, 6.45) is 4.43. The maximum Gasteiger partial charge on any atom is 0.178 e. The molecule has 5 aromatic carbocycles. The van der Waals surface area contributed by atoms with Gasteiger partial charge in [0.15, 0.2) is 5.60 Å². The molecule has 0 spiro atoms. The fourth-order valence-electron chi connectivity index (χ4n) is 6.01. The predicted octanol–water partition coefficient (Wildman–Crippen LogP) is 8.16. The molecule has 7 rings (SSSR count). The monoisotopic (exact) mass is 482 g/mol. The summed E-state index contributed by atoms with van der Waals surface area (Å²) in [6.45, 7) is 2.22. The molecule has 0 aromatic heterocycles. The van der Waals surface area contributed by atoms with E-state index in [4.69, 9.17) is 14.2 Å². The number of hydrogen-bond acceptors (Lipinski definition) is 3. The number of ether oxygens (including phenoxy) is 3. The molecular formula is C34H26O3. The molecule has 0 fully saturated rings. The SMILES string of the molecule is COc1ccc(C2(c3ccc(OC)cc3)C=Cc3c(C)c4c5c(cccc5c3O2)-c2ccccc2-4)cc1. The maximum absolute atomic E-state index is 7.20. The van der Waals surface area contributed by atoms with Crippen molar-refractivity contribution in [1.82, 2.24) is 0 Å². The normalized spacial score (nSPS) is 14.1. The Balaban J connectivity index is 1.50. The highest BCUT2D eigenvalue weighted by atomic mass is 16.5. The number of hydrogen-bond donors (Lipinski definition) is 0. The van der Waals surface area contributed by atoms with Crippen molar-refractivity contribution in [3.8, 4) is 39.5 Å². The summed E-state index contributed by atoms with van der Waals surface area (Å²) in [6, 6.07) is 31.5. The van der Waals surface area contributed by atoms with Crippen molar-refractivity contribution in [3.05, 3.63) is 119 Å². The third-order valence-electron chi connectivity index (χ3n) is 7.85. The van der Waals surface area contributed by atoms with E-state index in [0.29, 0.717) is 0 Å². The van der Waals surface area contributed by atoms with E-state index in [9.17, 15) is 0 Å². The first-order valence-electron chi connectivity index (χ1n) is 12.5. The van der Waals surface area contributed by atoms with Gasteiger partial charge in [-0.1, -0.05) is 72.8 Å². The second-order valence-electron chi connectivity index (χ2n) is 9.64. The van der Waals surface area contributed by atoms with E-state index in [1.165, 1.54) is 33.2 Å². The van der Waals surface area contributed by atoms with Gasteiger partial charge in [-0.15, -0.1) is 0 Å². The van der Waals surface area contributed by atoms with Crippen molar-refractivity contribution < 1.29 is 14.2 Å². The lowest BCUT2D eigenvalue weighted by Crippen LogP contribution is -2.34. The molecule has 0 saturated heterocycles. The first kappa shape index (κ1) is 21.8. The van der Waals surface area contributed by atoms with Gasteiger partial charge in [0.2, 0.25) is 0 Å².